The zero-order chi connectivity index (χ0) is 31.7. The Labute approximate surface area is 251 Å². The molecule has 0 spiro atoms. The second-order valence-corrected chi connectivity index (χ2v) is 11.6. The van der Waals surface area contributed by atoms with E-state index in [1.165, 1.54) is 19.1 Å². The Bertz CT molecular complexity index is 1090. The Hall–Kier alpha value is -3.49. The molecular weight excluding hydrogens is 564 g/mol. The van der Waals surface area contributed by atoms with E-state index in [1.54, 1.807) is 25.7 Å². The second kappa shape index (κ2) is 15.3. The van der Waals surface area contributed by atoms with Gasteiger partial charge in [-0.25, -0.2) is 14.4 Å². The van der Waals surface area contributed by atoms with Crippen LogP contribution in [-0.4, -0.2) is 122 Å². The van der Waals surface area contributed by atoms with Crippen molar-refractivity contribution >= 4 is 29.8 Å². The lowest BCUT2D eigenvalue weighted by atomic mass is 10.0. The smallest absolute Gasteiger partial charge is 0.408 e. The molecule has 3 N–H and O–H groups in total. The van der Waals surface area contributed by atoms with Gasteiger partial charge in [0, 0.05) is 0 Å². The number of ether oxygens (including phenoxy) is 5. The van der Waals surface area contributed by atoms with Crippen LogP contribution < -0.4 is 11.1 Å². The molecule has 240 valence electrons. The lowest BCUT2D eigenvalue weighted by Crippen LogP contribution is -2.62. The third kappa shape index (κ3) is 9.00. The maximum Gasteiger partial charge on any atom is 0.408 e. The third-order valence-electron chi connectivity index (χ3n) is 7.30. The summed E-state index contributed by atoms with van der Waals surface area (Å²) >= 11 is 0. The fourth-order valence-corrected chi connectivity index (χ4v) is 5.25. The maximum atomic E-state index is 13.0. The second-order valence-electron chi connectivity index (χ2n) is 11.6. The van der Waals surface area contributed by atoms with Crippen LogP contribution in [0.5, 0.6) is 0 Å². The molecule has 0 aromatic carbocycles. The summed E-state index contributed by atoms with van der Waals surface area (Å²) in [7, 11) is 2.58. The molecule has 0 radical (unpaired) electrons. The SMILES string of the molecule is COC(=O)[C@@H]1COC[C@@H]2C/C=C\C[C@H](N)C(=O)N21.COC(=O)[C@@H]1COC[C@@H]2C/C=C\C[C@H](NC(=O)OC(C)(C)C)C(=O)N21. The first kappa shape index (κ1) is 34.0. The normalized spacial score (nSPS) is 30.7. The quantitative estimate of drug-likeness (QED) is 0.258. The molecule has 0 unspecified atom stereocenters. The van der Waals surface area contributed by atoms with Gasteiger partial charge in [0.1, 0.15) is 11.6 Å². The molecule has 14 heteroatoms. The number of nitrogens with one attached hydrogen (secondary N) is 1. The average molecular weight is 609 g/mol. The standard InChI is InChI=1S/C17H26N2O6.C12H18N2O4/c1-17(2,3)25-16(22)18-12-8-6-5-7-11-9-24-10-13(15(21)23-4)19(11)14(12)20;1-17-12(16)10-7-18-6-8-4-2-3-5-9(13)11(15)14(8)10/h5-6,11-13H,7-10H2,1-4H3,(H,18,22);2-3,8-10H,4-7,13H2,1H3/b6-5-;3-2-/t11-,12-,13-;8-,9-,10-/m00/s1. The maximum absolute atomic E-state index is 13.0. The molecule has 0 aliphatic carbocycles. The molecule has 4 aliphatic heterocycles. The van der Waals surface area contributed by atoms with Crippen LogP contribution in [-0.2, 0) is 42.9 Å². The molecule has 43 heavy (non-hydrogen) atoms. The van der Waals surface area contributed by atoms with Crippen molar-refractivity contribution in [1.29, 1.82) is 0 Å². The van der Waals surface area contributed by atoms with Gasteiger partial charge in [0.2, 0.25) is 11.8 Å². The molecule has 6 atom stereocenters. The molecule has 14 nitrogen and oxygen atoms in total. The van der Waals surface area contributed by atoms with Gasteiger partial charge in [-0.2, -0.15) is 0 Å². The Kier molecular flexibility index (Phi) is 12.1. The van der Waals surface area contributed by atoms with Crippen LogP contribution in [0, 0.1) is 0 Å². The summed E-state index contributed by atoms with van der Waals surface area (Å²) in [6.07, 6.45) is 9.07. The minimum Gasteiger partial charge on any atom is -0.467 e. The van der Waals surface area contributed by atoms with Crippen LogP contribution in [0.3, 0.4) is 0 Å². The monoisotopic (exact) mass is 608 g/mol. The topological polar surface area (TPSA) is 176 Å². The predicted octanol–water partition coefficient (Wildman–Crippen LogP) is 0.431. The summed E-state index contributed by atoms with van der Waals surface area (Å²) in [5.74, 6) is -1.52. The zero-order valence-corrected chi connectivity index (χ0v) is 25.5. The molecule has 4 rings (SSSR count). The van der Waals surface area contributed by atoms with E-state index in [1.807, 2.05) is 24.3 Å². The van der Waals surface area contributed by atoms with Gasteiger partial charge in [-0.1, -0.05) is 24.3 Å². The molecule has 3 amide bonds. The Morgan fingerprint density at radius 1 is 0.791 bits per heavy atom. The number of methoxy groups -OCH3 is 2. The van der Waals surface area contributed by atoms with Gasteiger partial charge in [-0.3, -0.25) is 9.59 Å². The fourth-order valence-electron chi connectivity index (χ4n) is 5.25. The van der Waals surface area contributed by atoms with E-state index >= 15 is 0 Å². The van der Waals surface area contributed by atoms with Crippen molar-refractivity contribution in [3.8, 4) is 0 Å². The molecular formula is C29H44N4O10. The van der Waals surface area contributed by atoms with E-state index in [0.717, 1.165) is 0 Å². The highest BCUT2D eigenvalue weighted by molar-refractivity contribution is 5.91. The van der Waals surface area contributed by atoms with Crippen LogP contribution >= 0.6 is 0 Å². The Morgan fingerprint density at radius 2 is 1.26 bits per heavy atom. The number of amides is 3. The van der Waals surface area contributed by atoms with Crippen LogP contribution in [0.25, 0.3) is 0 Å². The first-order chi connectivity index (χ1) is 20.4. The zero-order valence-electron chi connectivity index (χ0n) is 25.5. The van der Waals surface area contributed by atoms with Gasteiger partial charge in [0.15, 0.2) is 12.1 Å². The summed E-state index contributed by atoms with van der Waals surface area (Å²) in [6, 6.07) is -3.32. The van der Waals surface area contributed by atoms with E-state index in [9.17, 15) is 24.0 Å². The molecule has 4 heterocycles. The van der Waals surface area contributed by atoms with Crippen molar-refractivity contribution in [3.63, 3.8) is 0 Å². The number of nitrogens with two attached hydrogens (primary N) is 1. The largest absolute Gasteiger partial charge is 0.467 e. The van der Waals surface area contributed by atoms with Crippen molar-refractivity contribution in [2.75, 3.05) is 40.6 Å². The molecule has 4 aliphatic rings. The van der Waals surface area contributed by atoms with Crippen LogP contribution in [0.15, 0.2) is 24.3 Å². The number of nitrogens with zero attached hydrogens (tertiary/aromatic N) is 2. The highest BCUT2D eigenvalue weighted by Crippen LogP contribution is 2.23. The fraction of sp³-hybridized carbons (Fsp3) is 0.690. The number of hydrogen-bond donors (Lipinski definition) is 2. The number of fused-ring (bicyclic) bond motifs is 2. The third-order valence-corrected chi connectivity index (χ3v) is 7.30. The predicted molar refractivity (Wildman–Crippen MR) is 152 cm³/mol. The summed E-state index contributed by atoms with van der Waals surface area (Å²) in [5, 5.41) is 2.61. The van der Waals surface area contributed by atoms with Crippen LogP contribution in [0.4, 0.5) is 4.79 Å². The first-order valence-corrected chi connectivity index (χ1v) is 14.4. The number of alkyl carbamates (subject to hydrolysis) is 1. The van der Waals surface area contributed by atoms with Crippen LogP contribution in [0.2, 0.25) is 0 Å². The number of carbonyl (C=O) groups is 5. The van der Waals surface area contributed by atoms with Gasteiger partial charge in [0.05, 0.1) is 58.8 Å². The number of hydrogen-bond acceptors (Lipinski definition) is 11. The molecule has 0 aromatic rings. The molecule has 0 bridgehead atoms. The number of rotatable bonds is 3. The van der Waals surface area contributed by atoms with E-state index < -0.39 is 47.8 Å². The molecule has 2 saturated heterocycles. The molecule has 0 saturated carbocycles. The molecule has 0 aromatic heterocycles. The van der Waals surface area contributed by atoms with Crippen LogP contribution in [0.1, 0.15) is 46.5 Å². The summed E-state index contributed by atoms with van der Waals surface area (Å²) in [4.78, 5) is 64.2. The number of carbonyl (C=O) groups excluding carboxylic acids is 5. The number of esters is 2. The van der Waals surface area contributed by atoms with E-state index in [0.29, 0.717) is 38.9 Å². The van der Waals surface area contributed by atoms with Gasteiger partial charge in [0.25, 0.3) is 0 Å². The Morgan fingerprint density at radius 3 is 1.74 bits per heavy atom. The van der Waals surface area contributed by atoms with Crippen molar-refractivity contribution in [2.24, 2.45) is 5.73 Å². The Balaban J connectivity index is 0.000000248. The number of morpholine rings is 2. The summed E-state index contributed by atoms with van der Waals surface area (Å²) < 4.78 is 25.6. The van der Waals surface area contributed by atoms with Crippen molar-refractivity contribution in [2.45, 2.75) is 88.3 Å². The van der Waals surface area contributed by atoms with E-state index in [-0.39, 0.29) is 37.1 Å². The summed E-state index contributed by atoms with van der Waals surface area (Å²) in [6.45, 7) is 6.26. The lowest BCUT2D eigenvalue weighted by molar-refractivity contribution is -0.167. The van der Waals surface area contributed by atoms with E-state index in [4.69, 9.17) is 29.4 Å². The van der Waals surface area contributed by atoms with Gasteiger partial charge in [-0.15, -0.1) is 0 Å². The van der Waals surface area contributed by atoms with Crippen molar-refractivity contribution < 1.29 is 47.7 Å². The van der Waals surface area contributed by atoms with Gasteiger partial charge in [-0.05, 0) is 46.5 Å². The van der Waals surface area contributed by atoms with Gasteiger partial charge < -0.3 is 44.5 Å². The van der Waals surface area contributed by atoms with Crippen molar-refractivity contribution in [1.82, 2.24) is 15.1 Å². The lowest BCUT2D eigenvalue weighted by Gasteiger charge is -2.42. The molecule has 2 fully saturated rings. The van der Waals surface area contributed by atoms with Gasteiger partial charge >= 0.3 is 18.0 Å². The minimum absolute atomic E-state index is 0.0811. The van der Waals surface area contributed by atoms with E-state index in [2.05, 4.69) is 5.32 Å². The highest BCUT2D eigenvalue weighted by atomic mass is 16.6. The average Bonchev–Trinajstić information content (AvgIpc) is 2.96. The van der Waals surface area contributed by atoms with Crippen molar-refractivity contribution in [3.05, 3.63) is 24.3 Å². The summed E-state index contributed by atoms with van der Waals surface area (Å²) in [5.41, 5.74) is 5.16. The first-order valence-electron chi connectivity index (χ1n) is 14.4. The minimum atomic E-state index is -0.814. The highest BCUT2D eigenvalue weighted by Gasteiger charge is 2.43.